The molecule has 0 spiro atoms. The minimum absolute atomic E-state index is 0.0243. The van der Waals surface area contributed by atoms with Gasteiger partial charge in [0.25, 0.3) is 0 Å². The van der Waals surface area contributed by atoms with Gasteiger partial charge in [-0.15, -0.1) is 0 Å². The Bertz CT molecular complexity index is 1820. The summed E-state index contributed by atoms with van der Waals surface area (Å²) >= 11 is 5.51. The first-order valence-electron chi connectivity index (χ1n) is 12.7. The Morgan fingerprint density at radius 2 is 1.58 bits per heavy atom. The number of amides is 2. The van der Waals surface area contributed by atoms with E-state index in [4.69, 9.17) is 12.2 Å². The van der Waals surface area contributed by atoms with Crippen molar-refractivity contribution in [2.45, 2.75) is 25.7 Å². The molecule has 0 aliphatic carbocycles. The molecule has 5 nitrogen and oxygen atoms in total. The van der Waals surface area contributed by atoms with Crippen molar-refractivity contribution in [2.24, 2.45) is 5.92 Å². The summed E-state index contributed by atoms with van der Waals surface area (Å²) in [5, 5.41) is 2.75. The number of carbonyl (C=O) groups is 2. The first-order valence-corrected chi connectivity index (χ1v) is 14.8. The van der Waals surface area contributed by atoms with E-state index in [1.165, 1.54) is 47.3 Å². The number of aromatic nitrogens is 1. The Morgan fingerprint density at radius 3 is 2.37 bits per heavy atom. The van der Waals surface area contributed by atoms with E-state index in [0.717, 1.165) is 4.44 Å². The molecule has 38 heavy (non-hydrogen) atoms. The Labute approximate surface area is 232 Å². The molecule has 0 radical (unpaired) electrons. The van der Waals surface area contributed by atoms with Crippen molar-refractivity contribution >= 4 is 71.1 Å². The van der Waals surface area contributed by atoms with Gasteiger partial charge >= 0.3 is 233 Å². The molecule has 0 saturated carbocycles. The summed E-state index contributed by atoms with van der Waals surface area (Å²) in [6, 6.07) is 26.8. The summed E-state index contributed by atoms with van der Waals surface area (Å²) in [4.78, 5) is 30.1. The second-order valence-corrected chi connectivity index (χ2v) is 13.3. The maximum atomic E-state index is 13.7. The molecular formula is C31H25N3O2SSe. The SMILES string of the molecule is CN1C(=O)C(Cc2cc3c([se]2)-n2c4ccccc4c4cccc(c42)C3(C)C)C(=O)N(c2ccccc2)C1=S. The number of fused-ring (bicyclic) bond motifs is 5. The molecule has 0 bridgehead atoms. The number of carbonyl (C=O) groups excluding carboxylic acids is 2. The Hall–Kier alpha value is -3.51. The summed E-state index contributed by atoms with van der Waals surface area (Å²) in [6.45, 7) is 4.57. The van der Waals surface area contributed by atoms with E-state index >= 15 is 0 Å². The van der Waals surface area contributed by atoms with Crippen molar-refractivity contribution in [1.82, 2.24) is 9.47 Å². The molecule has 4 heterocycles. The number of benzene rings is 3. The molecule has 2 aromatic heterocycles. The Kier molecular flexibility index (Phi) is 5.12. The van der Waals surface area contributed by atoms with Crippen molar-refractivity contribution in [1.29, 1.82) is 0 Å². The predicted octanol–water partition coefficient (Wildman–Crippen LogP) is 5.43. The van der Waals surface area contributed by atoms with Crippen LogP contribution >= 0.6 is 12.2 Å². The van der Waals surface area contributed by atoms with Crippen LogP contribution in [0.1, 0.15) is 29.4 Å². The van der Waals surface area contributed by atoms with Crippen LogP contribution in [0.5, 0.6) is 0 Å². The Balaban J connectivity index is 1.35. The van der Waals surface area contributed by atoms with Gasteiger partial charge in [-0.2, -0.15) is 0 Å². The summed E-state index contributed by atoms with van der Waals surface area (Å²) in [5.41, 5.74) is 5.58. The van der Waals surface area contributed by atoms with E-state index in [-0.39, 0.29) is 36.8 Å². The van der Waals surface area contributed by atoms with Gasteiger partial charge in [-0.1, -0.05) is 0 Å². The average Bonchev–Trinajstić information content (AvgIpc) is 3.50. The molecule has 2 amide bonds. The quantitative estimate of drug-likeness (QED) is 0.162. The second kappa shape index (κ2) is 8.24. The first-order chi connectivity index (χ1) is 18.3. The van der Waals surface area contributed by atoms with Crippen LogP contribution < -0.4 is 4.90 Å². The second-order valence-electron chi connectivity index (χ2n) is 10.6. The van der Waals surface area contributed by atoms with Gasteiger partial charge in [-0.05, 0) is 0 Å². The molecule has 1 atom stereocenters. The van der Waals surface area contributed by atoms with E-state index in [9.17, 15) is 9.59 Å². The molecule has 5 aromatic rings. The third-order valence-electron chi connectivity index (χ3n) is 8.05. The minimum atomic E-state index is -0.798. The van der Waals surface area contributed by atoms with E-state index in [0.29, 0.717) is 12.1 Å². The summed E-state index contributed by atoms with van der Waals surface area (Å²) in [7, 11) is 1.67. The van der Waals surface area contributed by atoms with Gasteiger partial charge in [-0.25, -0.2) is 0 Å². The average molecular weight is 583 g/mol. The topological polar surface area (TPSA) is 45.6 Å². The third-order valence-corrected chi connectivity index (χ3v) is 10.9. The normalized spacial score (nSPS) is 18.5. The number of hydrogen-bond donors (Lipinski definition) is 0. The molecule has 2 aliphatic heterocycles. The van der Waals surface area contributed by atoms with Gasteiger partial charge in [0.1, 0.15) is 0 Å². The van der Waals surface area contributed by atoms with Crippen LogP contribution in [0, 0.1) is 5.92 Å². The molecule has 7 rings (SSSR count). The molecule has 1 saturated heterocycles. The van der Waals surface area contributed by atoms with Gasteiger partial charge in [0.2, 0.25) is 0 Å². The fraction of sp³-hybridized carbons (Fsp3) is 0.194. The summed E-state index contributed by atoms with van der Waals surface area (Å²) in [6.07, 6.45) is 0.399. The predicted molar refractivity (Wildman–Crippen MR) is 156 cm³/mol. The van der Waals surface area contributed by atoms with Crippen molar-refractivity contribution in [2.75, 3.05) is 11.9 Å². The maximum absolute atomic E-state index is 13.7. The molecule has 0 N–H and O–H groups in total. The number of anilines is 1. The standard InChI is InChI=1S/C31H25N3O2SSe/c1-31(2)23-14-9-13-21-20-12-7-8-15-25(20)34(26(21)23)29-24(31)17-19(38-29)16-22-27(35)32(3)30(37)33(28(22)36)18-10-5-4-6-11-18/h4-15,17,22H,16H2,1-3H3. The molecule has 2 aliphatic rings. The van der Waals surface area contributed by atoms with E-state index in [1.54, 1.807) is 7.05 Å². The van der Waals surface area contributed by atoms with Gasteiger partial charge in [-0.3, -0.25) is 0 Å². The molecule has 1 unspecified atom stereocenters. The van der Waals surface area contributed by atoms with Crippen molar-refractivity contribution < 1.29 is 9.59 Å². The van der Waals surface area contributed by atoms with Crippen molar-refractivity contribution in [3.05, 3.63) is 94.4 Å². The van der Waals surface area contributed by atoms with Crippen LogP contribution in [-0.2, 0) is 21.4 Å². The fourth-order valence-corrected chi connectivity index (χ4v) is 9.23. The fourth-order valence-electron chi connectivity index (χ4n) is 6.05. The van der Waals surface area contributed by atoms with Crippen LogP contribution in [0.3, 0.4) is 0 Å². The van der Waals surface area contributed by atoms with Gasteiger partial charge < -0.3 is 0 Å². The van der Waals surface area contributed by atoms with E-state index < -0.39 is 5.92 Å². The third kappa shape index (κ3) is 3.13. The number of rotatable bonds is 3. The van der Waals surface area contributed by atoms with Crippen molar-refractivity contribution in [3.63, 3.8) is 0 Å². The molecule has 7 heteroatoms. The number of nitrogens with zero attached hydrogens (tertiary/aromatic N) is 3. The van der Waals surface area contributed by atoms with Crippen LogP contribution in [0.25, 0.3) is 26.4 Å². The molecule has 188 valence electrons. The number of thiocarbonyl (C=S) groups is 1. The van der Waals surface area contributed by atoms with Crippen LogP contribution in [0.2, 0.25) is 0 Å². The number of para-hydroxylation sites is 3. The van der Waals surface area contributed by atoms with E-state index in [2.05, 4.69) is 66.9 Å². The van der Waals surface area contributed by atoms with Crippen LogP contribution in [0.15, 0.2) is 78.9 Å². The van der Waals surface area contributed by atoms with E-state index in [1.807, 2.05) is 30.3 Å². The van der Waals surface area contributed by atoms with Gasteiger partial charge in [0.15, 0.2) is 0 Å². The van der Waals surface area contributed by atoms with Gasteiger partial charge in [0, 0.05) is 0 Å². The van der Waals surface area contributed by atoms with Crippen LogP contribution in [0.4, 0.5) is 5.69 Å². The monoisotopic (exact) mass is 583 g/mol. The first kappa shape index (κ1) is 23.6. The van der Waals surface area contributed by atoms with Crippen LogP contribution in [-0.4, -0.2) is 47.9 Å². The Morgan fingerprint density at radius 1 is 0.868 bits per heavy atom. The number of hydrogen-bond acceptors (Lipinski definition) is 3. The zero-order chi connectivity index (χ0) is 26.3. The van der Waals surface area contributed by atoms with Crippen molar-refractivity contribution in [3.8, 4) is 4.56 Å². The molecule has 1 fully saturated rings. The zero-order valence-corrected chi connectivity index (χ0v) is 23.8. The molecular weight excluding hydrogens is 557 g/mol. The molecule has 3 aromatic carbocycles. The summed E-state index contributed by atoms with van der Waals surface area (Å²) in [5.74, 6) is -1.28. The summed E-state index contributed by atoms with van der Waals surface area (Å²) < 4.78 is 4.91. The van der Waals surface area contributed by atoms with Gasteiger partial charge in [0.05, 0.1) is 0 Å². The zero-order valence-electron chi connectivity index (χ0n) is 21.3.